The number of urea groups is 1. The van der Waals surface area contributed by atoms with Gasteiger partial charge in [-0.2, -0.15) is 0 Å². The number of hydrogen-bond acceptors (Lipinski definition) is 3. The predicted octanol–water partition coefficient (Wildman–Crippen LogP) is 2.93. The average Bonchev–Trinajstić information content (AvgIpc) is 2.96. The van der Waals surface area contributed by atoms with E-state index in [1.54, 1.807) is 35.6 Å². The maximum atomic E-state index is 11.6. The molecule has 1 aromatic carbocycles. The maximum Gasteiger partial charge on any atom is 0.315 e. The first-order valence-corrected chi connectivity index (χ1v) is 7.39. The molecule has 0 saturated carbocycles. The van der Waals surface area contributed by atoms with Gasteiger partial charge in [0, 0.05) is 22.0 Å². The lowest BCUT2D eigenvalue weighted by atomic mass is 10.1. The van der Waals surface area contributed by atoms with Gasteiger partial charge in [-0.15, -0.1) is 11.3 Å². The minimum absolute atomic E-state index is 0.111. The summed E-state index contributed by atoms with van der Waals surface area (Å²) in [4.78, 5) is 12.7. The molecule has 2 amide bonds. The van der Waals surface area contributed by atoms with Crippen LogP contribution in [0.25, 0.3) is 0 Å². The summed E-state index contributed by atoms with van der Waals surface area (Å²) in [5.74, 6) is 0. The molecule has 0 radical (unpaired) electrons. The van der Waals surface area contributed by atoms with Crippen molar-refractivity contribution in [2.45, 2.75) is 12.6 Å². The molecule has 4 nitrogen and oxygen atoms in total. The molecule has 3 N–H and O–H groups in total. The quantitative estimate of drug-likeness (QED) is 0.795. The number of aliphatic hydroxyl groups excluding tert-OH is 1. The van der Waals surface area contributed by atoms with E-state index in [9.17, 15) is 9.90 Å². The number of hydrogen-bond donors (Lipinski definition) is 3. The van der Waals surface area contributed by atoms with Gasteiger partial charge < -0.3 is 15.7 Å². The zero-order valence-electron chi connectivity index (χ0n) is 10.7. The van der Waals surface area contributed by atoms with Crippen molar-refractivity contribution in [3.8, 4) is 0 Å². The van der Waals surface area contributed by atoms with E-state index >= 15 is 0 Å². The number of thiophene rings is 1. The Morgan fingerprint density at radius 2 is 2.05 bits per heavy atom. The third-order valence-electron chi connectivity index (χ3n) is 2.72. The van der Waals surface area contributed by atoms with Crippen LogP contribution in [0, 0.1) is 0 Å². The second-order valence-electron chi connectivity index (χ2n) is 4.18. The lowest BCUT2D eigenvalue weighted by Gasteiger charge is -2.14. The molecule has 0 fully saturated rings. The van der Waals surface area contributed by atoms with Crippen LogP contribution in [0.15, 0.2) is 41.8 Å². The predicted molar refractivity (Wildman–Crippen MR) is 81.0 cm³/mol. The number of benzene rings is 1. The SMILES string of the molecule is O=C(NCc1cccs1)NCC(O)c1ccccc1Cl. The zero-order valence-corrected chi connectivity index (χ0v) is 12.2. The van der Waals surface area contributed by atoms with Crippen LogP contribution in [0.1, 0.15) is 16.5 Å². The fourth-order valence-electron chi connectivity index (χ4n) is 1.69. The van der Waals surface area contributed by atoms with Crippen molar-refractivity contribution in [2.75, 3.05) is 6.54 Å². The highest BCUT2D eigenvalue weighted by Crippen LogP contribution is 2.21. The summed E-state index contributed by atoms with van der Waals surface area (Å²) in [5.41, 5.74) is 0.604. The first-order chi connectivity index (χ1) is 9.66. The summed E-state index contributed by atoms with van der Waals surface area (Å²) in [7, 11) is 0. The van der Waals surface area contributed by atoms with Crippen molar-refractivity contribution in [1.29, 1.82) is 0 Å². The molecule has 6 heteroatoms. The topological polar surface area (TPSA) is 61.4 Å². The first-order valence-electron chi connectivity index (χ1n) is 6.13. The Hall–Kier alpha value is -1.56. The van der Waals surface area contributed by atoms with Gasteiger partial charge in [-0.05, 0) is 17.5 Å². The molecule has 2 aromatic rings. The molecule has 1 unspecified atom stereocenters. The Bertz CT molecular complexity index is 560. The van der Waals surface area contributed by atoms with Crippen molar-refractivity contribution in [3.05, 3.63) is 57.2 Å². The second-order valence-corrected chi connectivity index (χ2v) is 5.62. The Labute approximate surface area is 126 Å². The van der Waals surface area contributed by atoms with Crippen LogP contribution in [0.5, 0.6) is 0 Å². The number of halogens is 1. The Kier molecular flexibility index (Phi) is 5.40. The Balaban J connectivity index is 1.77. The molecular formula is C14H15ClN2O2S. The van der Waals surface area contributed by atoms with Crippen LogP contribution in [0.4, 0.5) is 4.79 Å². The van der Waals surface area contributed by atoms with Gasteiger partial charge in [0.2, 0.25) is 0 Å². The average molecular weight is 311 g/mol. The number of carbonyl (C=O) groups excluding carboxylic acids is 1. The van der Waals surface area contributed by atoms with Crippen LogP contribution in [0.2, 0.25) is 5.02 Å². The van der Waals surface area contributed by atoms with Crippen LogP contribution in [-0.4, -0.2) is 17.7 Å². The van der Waals surface area contributed by atoms with Crippen LogP contribution in [-0.2, 0) is 6.54 Å². The van der Waals surface area contributed by atoms with Gasteiger partial charge in [-0.3, -0.25) is 0 Å². The van der Waals surface area contributed by atoms with Crippen LogP contribution < -0.4 is 10.6 Å². The van der Waals surface area contributed by atoms with Gasteiger partial charge in [0.1, 0.15) is 0 Å². The molecule has 1 aromatic heterocycles. The summed E-state index contributed by atoms with van der Waals surface area (Å²) in [5, 5.41) is 17.8. The largest absolute Gasteiger partial charge is 0.387 e. The molecule has 106 valence electrons. The van der Waals surface area contributed by atoms with Gasteiger partial charge in [0.05, 0.1) is 12.6 Å². The standard InChI is InChI=1S/C14H15ClN2O2S/c15-12-6-2-1-5-11(12)13(18)9-17-14(19)16-8-10-4-3-7-20-10/h1-7,13,18H,8-9H2,(H2,16,17,19). The Morgan fingerprint density at radius 1 is 1.25 bits per heavy atom. The molecule has 1 heterocycles. The Morgan fingerprint density at radius 3 is 2.75 bits per heavy atom. The third kappa shape index (κ3) is 4.23. The minimum atomic E-state index is -0.823. The summed E-state index contributed by atoms with van der Waals surface area (Å²) in [6, 6.07) is 10.6. The summed E-state index contributed by atoms with van der Waals surface area (Å²) < 4.78 is 0. The molecule has 20 heavy (non-hydrogen) atoms. The number of aliphatic hydroxyl groups is 1. The van der Waals surface area contributed by atoms with Gasteiger partial charge >= 0.3 is 6.03 Å². The molecule has 2 rings (SSSR count). The molecule has 1 atom stereocenters. The smallest absolute Gasteiger partial charge is 0.315 e. The van der Waals surface area contributed by atoms with E-state index in [4.69, 9.17) is 11.6 Å². The van der Waals surface area contributed by atoms with Crippen molar-refractivity contribution < 1.29 is 9.90 Å². The fourth-order valence-corrected chi connectivity index (χ4v) is 2.59. The molecule has 0 spiro atoms. The van der Waals surface area contributed by atoms with Crippen molar-refractivity contribution in [2.24, 2.45) is 0 Å². The van der Waals surface area contributed by atoms with Gasteiger partial charge in [0.15, 0.2) is 0 Å². The van der Waals surface area contributed by atoms with Crippen molar-refractivity contribution >= 4 is 29.0 Å². The van der Waals surface area contributed by atoms with E-state index in [0.717, 1.165) is 4.88 Å². The lowest BCUT2D eigenvalue weighted by molar-refractivity contribution is 0.173. The highest BCUT2D eigenvalue weighted by atomic mass is 35.5. The molecule has 0 bridgehead atoms. The summed E-state index contributed by atoms with van der Waals surface area (Å²) in [6.45, 7) is 0.589. The number of rotatable bonds is 5. The van der Waals surface area contributed by atoms with E-state index in [1.165, 1.54) is 0 Å². The number of amides is 2. The fraction of sp³-hybridized carbons (Fsp3) is 0.214. The van der Waals surface area contributed by atoms with Gasteiger partial charge in [-0.1, -0.05) is 35.9 Å². The molecule has 0 saturated heterocycles. The van der Waals surface area contributed by atoms with Gasteiger partial charge in [-0.25, -0.2) is 4.79 Å². The monoisotopic (exact) mass is 310 g/mol. The molecule has 0 aliphatic heterocycles. The normalized spacial score (nSPS) is 11.9. The van der Waals surface area contributed by atoms with E-state index in [0.29, 0.717) is 17.1 Å². The molecular weight excluding hydrogens is 296 g/mol. The second kappa shape index (κ2) is 7.28. The highest BCUT2D eigenvalue weighted by Gasteiger charge is 2.12. The van der Waals surface area contributed by atoms with Crippen molar-refractivity contribution in [1.82, 2.24) is 10.6 Å². The zero-order chi connectivity index (χ0) is 14.4. The summed E-state index contributed by atoms with van der Waals surface area (Å²) in [6.07, 6.45) is -0.823. The molecule has 0 aliphatic rings. The first kappa shape index (κ1) is 14.8. The highest BCUT2D eigenvalue weighted by molar-refractivity contribution is 7.09. The third-order valence-corrected chi connectivity index (χ3v) is 3.94. The lowest BCUT2D eigenvalue weighted by Crippen LogP contribution is -2.37. The summed E-state index contributed by atoms with van der Waals surface area (Å²) >= 11 is 7.55. The van der Waals surface area contributed by atoms with E-state index in [1.807, 2.05) is 17.5 Å². The number of nitrogens with one attached hydrogen (secondary N) is 2. The number of carbonyl (C=O) groups is 1. The van der Waals surface area contributed by atoms with Crippen molar-refractivity contribution in [3.63, 3.8) is 0 Å². The van der Waals surface area contributed by atoms with Crippen LogP contribution in [0.3, 0.4) is 0 Å². The van der Waals surface area contributed by atoms with E-state index in [-0.39, 0.29) is 12.6 Å². The van der Waals surface area contributed by atoms with E-state index in [2.05, 4.69) is 10.6 Å². The van der Waals surface area contributed by atoms with E-state index < -0.39 is 6.10 Å². The van der Waals surface area contributed by atoms with Gasteiger partial charge in [0.25, 0.3) is 0 Å². The van der Waals surface area contributed by atoms with Crippen LogP contribution >= 0.6 is 22.9 Å². The molecule has 0 aliphatic carbocycles. The minimum Gasteiger partial charge on any atom is -0.387 e. The maximum absolute atomic E-state index is 11.6.